The summed E-state index contributed by atoms with van der Waals surface area (Å²) in [5, 5.41) is 10.5. The minimum atomic E-state index is -0.688. The van der Waals surface area contributed by atoms with Gasteiger partial charge in [-0.1, -0.05) is 12.1 Å². The molecule has 1 aromatic heterocycles. The van der Waals surface area contributed by atoms with Gasteiger partial charge in [0.1, 0.15) is 5.56 Å². The molecule has 132 valence electrons. The molecule has 2 aromatic rings. The normalized spacial score (nSPS) is 17.4. The van der Waals surface area contributed by atoms with E-state index in [0.717, 1.165) is 35.1 Å². The first-order valence-corrected chi connectivity index (χ1v) is 8.25. The van der Waals surface area contributed by atoms with Crippen molar-refractivity contribution in [2.75, 3.05) is 13.2 Å². The number of aromatic hydroxyl groups is 1. The molecule has 0 spiro atoms. The molecule has 0 amide bonds. The molecular weight excluding hydrogens is 322 g/mol. The van der Waals surface area contributed by atoms with Crippen LogP contribution in [-0.4, -0.2) is 40.1 Å². The minimum Gasteiger partial charge on any atom is -0.493 e. The van der Waals surface area contributed by atoms with E-state index < -0.39 is 17.1 Å². The maximum Gasteiger partial charge on any atom is 0.335 e. The zero-order valence-corrected chi connectivity index (χ0v) is 14.3. The predicted molar refractivity (Wildman–Crippen MR) is 95.2 cm³/mol. The van der Waals surface area contributed by atoms with E-state index in [9.17, 15) is 14.7 Å². The number of ether oxygens (including phenoxy) is 1. The monoisotopic (exact) mass is 343 g/mol. The van der Waals surface area contributed by atoms with Crippen LogP contribution in [0.15, 0.2) is 32.8 Å². The van der Waals surface area contributed by atoms with Crippen molar-refractivity contribution in [3.05, 3.63) is 55.7 Å². The summed E-state index contributed by atoms with van der Waals surface area (Å²) in [5.74, 6) is -0.418. The predicted octanol–water partition coefficient (Wildman–Crippen LogP) is 1.45. The Morgan fingerprint density at radius 1 is 1.40 bits per heavy atom. The van der Waals surface area contributed by atoms with E-state index in [1.165, 1.54) is 6.21 Å². The fraction of sp³-hybridized carbons (Fsp3) is 0.389. The molecule has 0 unspecified atom stereocenters. The van der Waals surface area contributed by atoms with E-state index in [2.05, 4.69) is 9.98 Å². The molecular formula is C18H21N3O4. The third kappa shape index (κ3) is 3.41. The standard InChI is InChI=1S/C18H21N3O4/c1-11-5-3-7-15(12(11)2)21-17(23)14(16(22)20-18(21)24)10-19-9-13-6-4-8-25-13/h3,5,7,10,13,23H,4,6,8-9H2,1-2H3,(H,20,22,24)/t13-/m0/s1. The molecule has 1 aliphatic heterocycles. The van der Waals surface area contributed by atoms with Gasteiger partial charge in [-0.2, -0.15) is 0 Å². The fourth-order valence-electron chi connectivity index (χ4n) is 2.91. The Morgan fingerprint density at radius 2 is 2.20 bits per heavy atom. The third-order valence-electron chi connectivity index (χ3n) is 4.49. The van der Waals surface area contributed by atoms with Gasteiger partial charge in [0.05, 0.1) is 18.3 Å². The first kappa shape index (κ1) is 17.2. The van der Waals surface area contributed by atoms with Gasteiger partial charge in [0, 0.05) is 12.8 Å². The minimum absolute atomic E-state index is 0.0431. The van der Waals surface area contributed by atoms with Gasteiger partial charge < -0.3 is 9.84 Å². The van der Waals surface area contributed by atoms with Crippen LogP contribution in [0.1, 0.15) is 29.5 Å². The number of aliphatic imine (C=N–C) groups is 1. The second-order valence-corrected chi connectivity index (χ2v) is 6.18. The highest BCUT2D eigenvalue weighted by molar-refractivity contribution is 5.82. The molecule has 1 atom stereocenters. The Labute approximate surface area is 144 Å². The molecule has 0 bridgehead atoms. The van der Waals surface area contributed by atoms with E-state index in [-0.39, 0.29) is 11.7 Å². The van der Waals surface area contributed by atoms with Crippen molar-refractivity contribution >= 4 is 6.21 Å². The van der Waals surface area contributed by atoms with Crippen LogP contribution in [-0.2, 0) is 4.74 Å². The van der Waals surface area contributed by atoms with Gasteiger partial charge in [-0.15, -0.1) is 0 Å². The Hall–Kier alpha value is -2.67. The molecule has 7 heteroatoms. The van der Waals surface area contributed by atoms with Gasteiger partial charge in [-0.3, -0.25) is 14.8 Å². The number of aromatic amines is 1. The molecule has 3 rings (SSSR count). The molecule has 0 aliphatic carbocycles. The van der Waals surface area contributed by atoms with Gasteiger partial charge >= 0.3 is 5.69 Å². The summed E-state index contributed by atoms with van der Waals surface area (Å²) in [7, 11) is 0. The lowest BCUT2D eigenvalue weighted by atomic mass is 10.1. The summed E-state index contributed by atoms with van der Waals surface area (Å²) in [4.78, 5) is 30.8. The summed E-state index contributed by atoms with van der Waals surface area (Å²) in [6.07, 6.45) is 3.28. The molecule has 2 heterocycles. The number of nitrogens with zero attached hydrogens (tertiary/aromatic N) is 2. The summed E-state index contributed by atoms with van der Waals surface area (Å²) in [5.41, 5.74) is 0.941. The number of hydrogen-bond donors (Lipinski definition) is 2. The second kappa shape index (κ2) is 7.06. The number of aromatic nitrogens is 2. The van der Waals surface area contributed by atoms with Crippen molar-refractivity contribution in [2.24, 2.45) is 4.99 Å². The topological polar surface area (TPSA) is 96.7 Å². The second-order valence-electron chi connectivity index (χ2n) is 6.18. The Kier molecular flexibility index (Phi) is 4.85. The highest BCUT2D eigenvalue weighted by atomic mass is 16.5. The summed E-state index contributed by atoms with van der Waals surface area (Å²) < 4.78 is 6.57. The van der Waals surface area contributed by atoms with E-state index >= 15 is 0 Å². The van der Waals surface area contributed by atoms with E-state index in [0.29, 0.717) is 12.2 Å². The first-order chi connectivity index (χ1) is 12.0. The molecule has 1 fully saturated rings. The zero-order valence-electron chi connectivity index (χ0n) is 14.3. The highest BCUT2D eigenvalue weighted by Crippen LogP contribution is 2.21. The molecule has 1 saturated heterocycles. The van der Waals surface area contributed by atoms with Crippen LogP contribution in [0.25, 0.3) is 5.69 Å². The number of benzene rings is 1. The van der Waals surface area contributed by atoms with Gasteiger partial charge in [0.2, 0.25) is 5.88 Å². The molecule has 25 heavy (non-hydrogen) atoms. The van der Waals surface area contributed by atoms with Crippen molar-refractivity contribution in [2.45, 2.75) is 32.8 Å². The number of aryl methyl sites for hydroxylation is 1. The molecule has 1 aliphatic rings. The summed E-state index contributed by atoms with van der Waals surface area (Å²) in [6.45, 7) is 4.91. The number of H-pyrrole nitrogens is 1. The Balaban J connectivity index is 2.03. The lowest BCUT2D eigenvalue weighted by Gasteiger charge is -2.13. The molecule has 7 nitrogen and oxygen atoms in total. The van der Waals surface area contributed by atoms with Crippen LogP contribution in [0.4, 0.5) is 0 Å². The quantitative estimate of drug-likeness (QED) is 0.821. The average molecular weight is 343 g/mol. The van der Waals surface area contributed by atoms with E-state index in [4.69, 9.17) is 4.74 Å². The first-order valence-electron chi connectivity index (χ1n) is 8.25. The van der Waals surface area contributed by atoms with Crippen LogP contribution in [0.2, 0.25) is 0 Å². The summed E-state index contributed by atoms with van der Waals surface area (Å²) in [6, 6.07) is 5.42. The van der Waals surface area contributed by atoms with Crippen LogP contribution in [0, 0.1) is 13.8 Å². The van der Waals surface area contributed by atoms with Crippen LogP contribution in [0.3, 0.4) is 0 Å². The van der Waals surface area contributed by atoms with Crippen molar-refractivity contribution in [3.8, 4) is 11.6 Å². The summed E-state index contributed by atoms with van der Waals surface area (Å²) >= 11 is 0. The number of nitrogens with one attached hydrogen (secondary N) is 1. The maximum absolute atomic E-state index is 12.2. The molecule has 2 N–H and O–H groups in total. The van der Waals surface area contributed by atoms with Crippen LogP contribution in [0.5, 0.6) is 5.88 Å². The van der Waals surface area contributed by atoms with Crippen molar-refractivity contribution in [1.29, 1.82) is 0 Å². The number of hydrogen-bond acceptors (Lipinski definition) is 5. The maximum atomic E-state index is 12.2. The Bertz CT molecular complexity index is 921. The number of rotatable bonds is 4. The van der Waals surface area contributed by atoms with Crippen molar-refractivity contribution in [1.82, 2.24) is 9.55 Å². The van der Waals surface area contributed by atoms with Gasteiger partial charge in [0.25, 0.3) is 5.56 Å². The van der Waals surface area contributed by atoms with Gasteiger partial charge in [-0.05, 0) is 43.9 Å². The molecule has 0 radical (unpaired) electrons. The molecule has 1 aromatic carbocycles. The van der Waals surface area contributed by atoms with Crippen molar-refractivity contribution in [3.63, 3.8) is 0 Å². The van der Waals surface area contributed by atoms with Crippen LogP contribution < -0.4 is 11.2 Å². The SMILES string of the molecule is Cc1cccc(-n2c(O)c(C=NC[C@@H]3CCCO3)c(=O)[nH]c2=O)c1C. The lowest BCUT2D eigenvalue weighted by Crippen LogP contribution is -2.31. The van der Waals surface area contributed by atoms with Gasteiger partial charge in [-0.25, -0.2) is 9.36 Å². The third-order valence-corrected chi connectivity index (χ3v) is 4.49. The Morgan fingerprint density at radius 3 is 2.92 bits per heavy atom. The highest BCUT2D eigenvalue weighted by Gasteiger charge is 2.17. The van der Waals surface area contributed by atoms with Crippen LogP contribution >= 0.6 is 0 Å². The zero-order chi connectivity index (χ0) is 18.0. The largest absolute Gasteiger partial charge is 0.493 e. The smallest absolute Gasteiger partial charge is 0.335 e. The van der Waals surface area contributed by atoms with Crippen molar-refractivity contribution < 1.29 is 9.84 Å². The lowest BCUT2D eigenvalue weighted by molar-refractivity contribution is 0.118. The van der Waals surface area contributed by atoms with E-state index in [1.807, 2.05) is 19.9 Å². The molecule has 0 saturated carbocycles. The van der Waals surface area contributed by atoms with Gasteiger partial charge in [0.15, 0.2) is 0 Å². The average Bonchev–Trinajstić information content (AvgIpc) is 3.07. The fourth-order valence-corrected chi connectivity index (χ4v) is 2.91. The van der Waals surface area contributed by atoms with E-state index in [1.54, 1.807) is 12.1 Å².